The number of hydrogen-bond acceptors (Lipinski definition) is 3. The Bertz CT molecular complexity index is 1100. The van der Waals surface area contributed by atoms with Crippen LogP contribution in [-0.2, 0) is 14.8 Å². The molecule has 0 aliphatic rings. The third-order valence-electron chi connectivity index (χ3n) is 4.65. The van der Waals surface area contributed by atoms with E-state index in [1.54, 1.807) is 12.1 Å². The zero-order valence-corrected chi connectivity index (χ0v) is 19.7. The van der Waals surface area contributed by atoms with E-state index < -0.39 is 10.0 Å². The number of hydrogen-bond donors (Lipinski definition) is 1. The second-order valence-electron chi connectivity index (χ2n) is 7.07. The van der Waals surface area contributed by atoms with Gasteiger partial charge in [-0.25, -0.2) is 8.42 Å². The summed E-state index contributed by atoms with van der Waals surface area (Å²) in [6, 6.07) is 24.2. The highest BCUT2D eigenvalue weighted by atomic mass is 127. The van der Waals surface area contributed by atoms with Crippen molar-refractivity contribution in [2.24, 2.45) is 0 Å². The number of anilines is 1. The molecule has 3 rings (SSSR count). The van der Waals surface area contributed by atoms with Crippen LogP contribution >= 0.6 is 22.6 Å². The Kier molecular flexibility index (Phi) is 7.14. The molecule has 3 aromatic rings. The molecule has 30 heavy (non-hydrogen) atoms. The van der Waals surface area contributed by atoms with E-state index in [-0.39, 0.29) is 18.5 Å². The maximum absolute atomic E-state index is 12.9. The lowest BCUT2D eigenvalue weighted by molar-refractivity contribution is -0.120. The van der Waals surface area contributed by atoms with Gasteiger partial charge in [0, 0.05) is 3.57 Å². The number of amides is 1. The quantitative estimate of drug-likeness (QED) is 0.461. The van der Waals surface area contributed by atoms with Crippen LogP contribution in [0.5, 0.6) is 0 Å². The summed E-state index contributed by atoms with van der Waals surface area (Å²) in [4.78, 5) is 12.9. The molecule has 0 aromatic heterocycles. The van der Waals surface area contributed by atoms with Crippen LogP contribution in [0.4, 0.5) is 5.69 Å². The summed E-state index contributed by atoms with van der Waals surface area (Å²) in [6.45, 7) is 1.71. The van der Waals surface area contributed by atoms with Crippen molar-refractivity contribution in [1.82, 2.24) is 5.32 Å². The fourth-order valence-electron chi connectivity index (χ4n) is 3.11. The van der Waals surface area contributed by atoms with Gasteiger partial charge in [-0.2, -0.15) is 0 Å². The lowest BCUT2D eigenvalue weighted by Crippen LogP contribution is -2.41. The Hall–Kier alpha value is -2.39. The number of aryl methyl sites for hydroxylation is 1. The van der Waals surface area contributed by atoms with Crippen molar-refractivity contribution >= 4 is 44.2 Å². The fraction of sp³-hybridized carbons (Fsp3) is 0.174. The van der Waals surface area contributed by atoms with E-state index in [1.807, 2.05) is 73.7 Å². The minimum absolute atomic E-state index is 0.297. The Labute approximate surface area is 191 Å². The number of carbonyl (C=O) groups is 1. The smallest absolute Gasteiger partial charge is 0.241 e. The van der Waals surface area contributed by atoms with Gasteiger partial charge in [-0.05, 0) is 64.9 Å². The molecule has 0 saturated carbocycles. The standard InChI is InChI=1S/C23H23IN2O3S/c1-17-8-10-19(11-9-17)23(18-6-4-3-5-7-18)25-22(27)16-26(30(2,28)29)21-14-12-20(24)13-15-21/h3-15,23H,16H2,1-2H3,(H,25,27)/t23-/m0/s1. The van der Waals surface area contributed by atoms with Crippen LogP contribution in [0.3, 0.4) is 0 Å². The van der Waals surface area contributed by atoms with Gasteiger partial charge in [-0.3, -0.25) is 9.10 Å². The minimum atomic E-state index is -3.63. The van der Waals surface area contributed by atoms with Crippen LogP contribution in [-0.4, -0.2) is 27.1 Å². The van der Waals surface area contributed by atoms with E-state index >= 15 is 0 Å². The van der Waals surface area contributed by atoms with E-state index in [0.717, 1.165) is 30.8 Å². The Balaban J connectivity index is 1.87. The van der Waals surface area contributed by atoms with Gasteiger partial charge in [-0.1, -0.05) is 60.2 Å². The average molecular weight is 534 g/mol. The predicted molar refractivity (Wildman–Crippen MR) is 129 cm³/mol. The van der Waals surface area contributed by atoms with Gasteiger partial charge in [0.1, 0.15) is 6.54 Å². The molecule has 0 bridgehead atoms. The highest BCUT2D eigenvalue weighted by Gasteiger charge is 2.23. The highest BCUT2D eigenvalue weighted by molar-refractivity contribution is 14.1. The number of sulfonamides is 1. The predicted octanol–water partition coefficient (Wildman–Crippen LogP) is 4.27. The lowest BCUT2D eigenvalue weighted by atomic mass is 9.98. The molecule has 1 atom stereocenters. The van der Waals surface area contributed by atoms with Crippen molar-refractivity contribution in [3.05, 3.63) is 99.1 Å². The maximum Gasteiger partial charge on any atom is 0.241 e. The molecule has 0 aliphatic heterocycles. The summed E-state index contributed by atoms with van der Waals surface area (Å²) in [5.41, 5.74) is 3.44. The molecule has 0 spiro atoms. The fourth-order valence-corrected chi connectivity index (χ4v) is 4.32. The van der Waals surface area contributed by atoms with Crippen LogP contribution in [0.2, 0.25) is 0 Å². The molecular weight excluding hydrogens is 511 g/mol. The summed E-state index contributed by atoms with van der Waals surface area (Å²) in [5.74, 6) is -0.381. The van der Waals surface area contributed by atoms with Crippen molar-refractivity contribution in [3.63, 3.8) is 0 Å². The first-order chi connectivity index (χ1) is 14.2. The number of nitrogens with zero attached hydrogens (tertiary/aromatic N) is 1. The van der Waals surface area contributed by atoms with Gasteiger partial charge < -0.3 is 5.32 Å². The van der Waals surface area contributed by atoms with Gasteiger partial charge in [0.15, 0.2) is 0 Å². The van der Waals surface area contributed by atoms with Gasteiger partial charge in [0.2, 0.25) is 15.9 Å². The van der Waals surface area contributed by atoms with Crippen LogP contribution in [0.1, 0.15) is 22.7 Å². The normalized spacial score (nSPS) is 12.2. The summed E-state index contributed by atoms with van der Waals surface area (Å²) < 4.78 is 26.8. The monoisotopic (exact) mass is 534 g/mol. The molecule has 0 unspecified atom stereocenters. The third-order valence-corrected chi connectivity index (χ3v) is 6.51. The summed E-state index contributed by atoms with van der Waals surface area (Å²) in [5, 5.41) is 3.01. The molecule has 0 radical (unpaired) electrons. The second kappa shape index (κ2) is 9.61. The van der Waals surface area contributed by atoms with E-state index in [0.29, 0.717) is 5.69 Å². The molecule has 0 heterocycles. The first-order valence-electron chi connectivity index (χ1n) is 9.38. The van der Waals surface area contributed by atoms with E-state index in [9.17, 15) is 13.2 Å². The summed E-state index contributed by atoms with van der Waals surface area (Å²) in [6.07, 6.45) is 1.10. The maximum atomic E-state index is 12.9. The topological polar surface area (TPSA) is 66.5 Å². The van der Waals surface area contributed by atoms with Gasteiger partial charge in [-0.15, -0.1) is 0 Å². The minimum Gasteiger partial charge on any atom is -0.344 e. The number of nitrogens with one attached hydrogen (secondary N) is 1. The number of benzene rings is 3. The van der Waals surface area contributed by atoms with E-state index in [4.69, 9.17) is 0 Å². The number of carbonyl (C=O) groups excluding carboxylic acids is 1. The lowest BCUT2D eigenvalue weighted by Gasteiger charge is -2.25. The second-order valence-corrected chi connectivity index (χ2v) is 10.2. The van der Waals surface area contributed by atoms with Crippen LogP contribution in [0.15, 0.2) is 78.9 Å². The molecule has 156 valence electrons. The van der Waals surface area contributed by atoms with Gasteiger partial charge in [0.05, 0.1) is 18.0 Å². The highest BCUT2D eigenvalue weighted by Crippen LogP contribution is 2.23. The van der Waals surface area contributed by atoms with Crippen molar-refractivity contribution in [1.29, 1.82) is 0 Å². The number of halogens is 1. The zero-order chi connectivity index (χ0) is 21.7. The van der Waals surface area contributed by atoms with Crippen molar-refractivity contribution in [2.75, 3.05) is 17.1 Å². The zero-order valence-electron chi connectivity index (χ0n) is 16.7. The Morgan fingerprint density at radius 2 is 1.50 bits per heavy atom. The first-order valence-corrected chi connectivity index (χ1v) is 12.3. The number of rotatable bonds is 7. The molecule has 0 fully saturated rings. The third kappa shape index (κ3) is 5.82. The largest absolute Gasteiger partial charge is 0.344 e. The van der Waals surface area contributed by atoms with E-state index in [1.165, 1.54) is 0 Å². The molecule has 7 heteroatoms. The summed E-state index contributed by atoms with van der Waals surface area (Å²) >= 11 is 2.15. The molecule has 0 aliphatic carbocycles. The van der Waals surface area contributed by atoms with Crippen molar-refractivity contribution < 1.29 is 13.2 Å². The molecule has 0 saturated heterocycles. The first kappa shape index (κ1) is 22.3. The Morgan fingerprint density at radius 1 is 0.933 bits per heavy atom. The molecule has 3 aromatic carbocycles. The molecule has 5 nitrogen and oxygen atoms in total. The SMILES string of the molecule is Cc1ccc([C@@H](NC(=O)CN(c2ccc(I)cc2)S(C)(=O)=O)c2ccccc2)cc1. The summed E-state index contributed by atoms with van der Waals surface area (Å²) in [7, 11) is -3.63. The molecule has 1 N–H and O–H groups in total. The van der Waals surface area contributed by atoms with Crippen molar-refractivity contribution in [2.45, 2.75) is 13.0 Å². The van der Waals surface area contributed by atoms with Crippen molar-refractivity contribution in [3.8, 4) is 0 Å². The van der Waals surface area contributed by atoms with Gasteiger partial charge in [0.25, 0.3) is 0 Å². The molecule has 1 amide bonds. The Morgan fingerprint density at radius 3 is 2.07 bits per heavy atom. The van der Waals surface area contributed by atoms with Crippen LogP contribution in [0, 0.1) is 10.5 Å². The van der Waals surface area contributed by atoms with E-state index in [2.05, 4.69) is 27.9 Å². The van der Waals surface area contributed by atoms with Crippen LogP contribution in [0.25, 0.3) is 0 Å². The van der Waals surface area contributed by atoms with Crippen LogP contribution < -0.4 is 9.62 Å². The average Bonchev–Trinajstić information content (AvgIpc) is 2.72. The molecular formula is C23H23IN2O3S. The van der Waals surface area contributed by atoms with Gasteiger partial charge >= 0.3 is 0 Å².